The van der Waals surface area contributed by atoms with Crippen molar-refractivity contribution in [1.82, 2.24) is 24.5 Å². The summed E-state index contributed by atoms with van der Waals surface area (Å²) in [7, 11) is 0. The zero-order chi connectivity index (χ0) is 15.3. The van der Waals surface area contributed by atoms with Crippen molar-refractivity contribution in [3.05, 3.63) is 36.9 Å². The molecule has 0 aliphatic rings. The molecule has 6 heteroatoms. The molecule has 0 aliphatic heterocycles. The molecule has 0 aromatic carbocycles. The summed E-state index contributed by atoms with van der Waals surface area (Å²) in [6.45, 7) is 4.24. The van der Waals surface area contributed by atoms with E-state index < -0.39 is 0 Å². The average molecular weight is 292 g/mol. The van der Waals surface area contributed by atoms with Gasteiger partial charge in [0.1, 0.15) is 23.4 Å². The summed E-state index contributed by atoms with van der Waals surface area (Å²) in [6.07, 6.45) is 5.36. The topological polar surface area (TPSA) is 85.4 Å². The second-order valence-electron chi connectivity index (χ2n) is 5.63. The van der Waals surface area contributed by atoms with E-state index in [4.69, 9.17) is 5.73 Å². The third-order valence-corrected chi connectivity index (χ3v) is 3.88. The lowest BCUT2D eigenvalue weighted by molar-refractivity contribution is 0.618. The van der Waals surface area contributed by atoms with Gasteiger partial charge in [0.05, 0.1) is 11.1 Å². The van der Waals surface area contributed by atoms with E-state index in [1.807, 2.05) is 12.1 Å². The molecule has 0 fully saturated rings. The fourth-order valence-corrected chi connectivity index (χ4v) is 2.81. The minimum absolute atomic E-state index is 0.285. The van der Waals surface area contributed by atoms with Gasteiger partial charge >= 0.3 is 0 Å². The molecule has 0 unspecified atom stereocenters. The van der Waals surface area contributed by atoms with Gasteiger partial charge < -0.3 is 15.3 Å². The van der Waals surface area contributed by atoms with E-state index in [1.54, 1.807) is 6.20 Å². The first kappa shape index (κ1) is 12.8. The Hall–Kier alpha value is -2.89. The quantitative estimate of drug-likeness (QED) is 0.594. The van der Waals surface area contributed by atoms with Crippen LogP contribution < -0.4 is 5.73 Å². The highest BCUT2D eigenvalue weighted by Gasteiger charge is 2.17. The van der Waals surface area contributed by atoms with Crippen LogP contribution in [0, 0.1) is 0 Å². The van der Waals surface area contributed by atoms with Crippen molar-refractivity contribution in [2.75, 3.05) is 5.73 Å². The predicted molar refractivity (Wildman–Crippen MR) is 87.4 cm³/mol. The molecule has 0 amide bonds. The number of nitrogen functional groups attached to an aromatic ring is 1. The summed E-state index contributed by atoms with van der Waals surface area (Å²) in [6, 6.07) is 6.32. The number of nitrogens with one attached hydrogen (secondary N) is 1. The van der Waals surface area contributed by atoms with Crippen LogP contribution in [0.15, 0.2) is 36.9 Å². The number of nitrogens with two attached hydrogens (primary N) is 1. The first-order chi connectivity index (χ1) is 10.6. The van der Waals surface area contributed by atoms with Crippen LogP contribution in [-0.4, -0.2) is 24.5 Å². The summed E-state index contributed by atoms with van der Waals surface area (Å²) in [5.41, 5.74) is 9.79. The Morgan fingerprint density at radius 1 is 1.23 bits per heavy atom. The van der Waals surface area contributed by atoms with Crippen LogP contribution >= 0.6 is 0 Å². The maximum atomic E-state index is 6.11. The number of hydrogen-bond acceptors (Lipinski definition) is 4. The summed E-state index contributed by atoms with van der Waals surface area (Å²) in [4.78, 5) is 16.2. The molecule has 0 saturated heterocycles. The minimum atomic E-state index is 0.285. The highest BCUT2D eigenvalue weighted by molar-refractivity contribution is 6.01. The van der Waals surface area contributed by atoms with Gasteiger partial charge in [-0.05, 0) is 32.0 Å². The highest BCUT2D eigenvalue weighted by atomic mass is 15.1. The van der Waals surface area contributed by atoms with Gasteiger partial charge in [0, 0.05) is 29.4 Å². The Morgan fingerprint density at radius 2 is 2.09 bits per heavy atom. The third kappa shape index (κ3) is 1.77. The zero-order valence-corrected chi connectivity index (χ0v) is 12.4. The fourth-order valence-electron chi connectivity index (χ4n) is 2.81. The fraction of sp³-hybridized carbons (Fsp3) is 0.188. The van der Waals surface area contributed by atoms with Crippen LogP contribution in [0.4, 0.5) is 5.82 Å². The molecular weight excluding hydrogens is 276 g/mol. The molecule has 4 rings (SSSR count). The van der Waals surface area contributed by atoms with E-state index >= 15 is 0 Å². The summed E-state index contributed by atoms with van der Waals surface area (Å²) in [5, 5.41) is 1.95. The van der Waals surface area contributed by atoms with Crippen LogP contribution in [0.3, 0.4) is 0 Å². The van der Waals surface area contributed by atoms with E-state index in [9.17, 15) is 0 Å². The maximum absolute atomic E-state index is 6.11. The number of anilines is 1. The Balaban J connectivity index is 2.05. The molecular formula is C16H16N6. The van der Waals surface area contributed by atoms with E-state index in [2.05, 4.69) is 50.6 Å². The molecule has 0 saturated carbocycles. The van der Waals surface area contributed by atoms with E-state index in [0.29, 0.717) is 5.82 Å². The molecule has 6 nitrogen and oxygen atoms in total. The van der Waals surface area contributed by atoms with Gasteiger partial charge in [-0.25, -0.2) is 15.0 Å². The normalized spacial score (nSPS) is 11.8. The average Bonchev–Trinajstić information content (AvgIpc) is 3.08. The molecule has 22 heavy (non-hydrogen) atoms. The Morgan fingerprint density at radius 3 is 2.86 bits per heavy atom. The second kappa shape index (κ2) is 4.56. The standard InChI is InChI=1S/C16H16N6/c1-9(2)22-7-11(13-14(17)19-8-20-16(13)22)12-6-10-4-3-5-18-15(10)21-12/h3-9H,1-2H3,(H,18,21)(H2,17,19,20). The van der Waals surface area contributed by atoms with Crippen LogP contribution in [0.2, 0.25) is 0 Å². The van der Waals surface area contributed by atoms with Gasteiger partial charge in [0.25, 0.3) is 0 Å². The Kier molecular flexibility index (Phi) is 2.66. The van der Waals surface area contributed by atoms with Gasteiger partial charge in [-0.3, -0.25) is 0 Å². The molecule has 0 aliphatic carbocycles. The van der Waals surface area contributed by atoms with Crippen molar-refractivity contribution in [3.63, 3.8) is 0 Å². The summed E-state index contributed by atoms with van der Waals surface area (Å²) >= 11 is 0. The van der Waals surface area contributed by atoms with Crippen LogP contribution in [0.5, 0.6) is 0 Å². The van der Waals surface area contributed by atoms with Crippen molar-refractivity contribution >= 4 is 27.9 Å². The molecule has 0 atom stereocenters. The molecule has 0 radical (unpaired) electrons. The molecule has 4 heterocycles. The Bertz CT molecular complexity index is 946. The van der Waals surface area contributed by atoms with E-state index in [0.717, 1.165) is 33.3 Å². The molecule has 110 valence electrons. The highest BCUT2D eigenvalue weighted by Crippen LogP contribution is 2.34. The van der Waals surface area contributed by atoms with E-state index in [-0.39, 0.29) is 6.04 Å². The van der Waals surface area contributed by atoms with Gasteiger partial charge in [-0.2, -0.15) is 0 Å². The number of hydrogen-bond donors (Lipinski definition) is 2. The van der Waals surface area contributed by atoms with Gasteiger partial charge in [0.15, 0.2) is 0 Å². The molecule has 0 spiro atoms. The van der Waals surface area contributed by atoms with Crippen LogP contribution in [0.25, 0.3) is 33.3 Å². The minimum Gasteiger partial charge on any atom is -0.383 e. The zero-order valence-electron chi connectivity index (χ0n) is 12.4. The molecule has 0 bridgehead atoms. The maximum Gasteiger partial charge on any atom is 0.146 e. The number of nitrogens with zero attached hydrogens (tertiary/aromatic N) is 4. The van der Waals surface area contributed by atoms with Crippen molar-refractivity contribution in [3.8, 4) is 11.3 Å². The summed E-state index contributed by atoms with van der Waals surface area (Å²) < 4.78 is 2.11. The first-order valence-electron chi connectivity index (χ1n) is 7.20. The lowest BCUT2D eigenvalue weighted by atomic mass is 10.1. The largest absolute Gasteiger partial charge is 0.383 e. The number of aromatic amines is 1. The lowest BCUT2D eigenvalue weighted by Gasteiger charge is -2.07. The molecule has 4 aromatic heterocycles. The van der Waals surface area contributed by atoms with Crippen LogP contribution in [0.1, 0.15) is 19.9 Å². The SMILES string of the molecule is CC(C)n1cc(-c2cc3cccnc3[nH]2)c2c(N)ncnc21. The van der Waals surface area contributed by atoms with Crippen molar-refractivity contribution in [2.45, 2.75) is 19.9 Å². The van der Waals surface area contributed by atoms with Gasteiger partial charge in [-0.15, -0.1) is 0 Å². The molecule has 4 aromatic rings. The second-order valence-corrected chi connectivity index (χ2v) is 5.63. The monoisotopic (exact) mass is 292 g/mol. The van der Waals surface area contributed by atoms with Crippen molar-refractivity contribution in [1.29, 1.82) is 0 Å². The van der Waals surface area contributed by atoms with E-state index in [1.165, 1.54) is 6.33 Å². The number of rotatable bonds is 2. The number of fused-ring (bicyclic) bond motifs is 2. The van der Waals surface area contributed by atoms with Crippen molar-refractivity contribution in [2.24, 2.45) is 0 Å². The smallest absolute Gasteiger partial charge is 0.146 e. The number of H-pyrrole nitrogens is 1. The first-order valence-corrected chi connectivity index (χ1v) is 7.20. The van der Waals surface area contributed by atoms with Crippen molar-refractivity contribution < 1.29 is 0 Å². The predicted octanol–water partition coefficient (Wildman–Crippen LogP) is 3.14. The third-order valence-electron chi connectivity index (χ3n) is 3.88. The van der Waals surface area contributed by atoms with Gasteiger partial charge in [-0.1, -0.05) is 0 Å². The van der Waals surface area contributed by atoms with Crippen LogP contribution in [-0.2, 0) is 0 Å². The van der Waals surface area contributed by atoms with Gasteiger partial charge in [0.2, 0.25) is 0 Å². The molecule has 3 N–H and O–H groups in total. The summed E-state index contributed by atoms with van der Waals surface area (Å²) in [5.74, 6) is 0.492. The lowest BCUT2D eigenvalue weighted by Crippen LogP contribution is -2.00. The Labute approximate surface area is 127 Å². The number of aromatic nitrogens is 5. The number of pyridine rings is 1.